The molecule has 3 aromatic rings. The van der Waals surface area contributed by atoms with E-state index in [2.05, 4.69) is 34.1 Å². The zero-order valence-corrected chi connectivity index (χ0v) is 15.4. The van der Waals surface area contributed by atoms with Crippen molar-refractivity contribution in [2.24, 2.45) is 0 Å². The van der Waals surface area contributed by atoms with E-state index in [1.165, 1.54) is 16.8 Å². The lowest BCUT2D eigenvalue weighted by atomic mass is 10.0. The van der Waals surface area contributed by atoms with Crippen LogP contribution in [0.4, 0.5) is 0 Å². The molecule has 0 saturated carbocycles. The van der Waals surface area contributed by atoms with Gasteiger partial charge in [-0.1, -0.05) is 42.4 Å². The minimum atomic E-state index is 0.829. The highest BCUT2D eigenvalue weighted by molar-refractivity contribution is 5.61. The number of aromatic nitrogens is 3. The van der Waals surface area contributed by atoms with Gasteiger partial charge in [-0.05, 0) is 13.3 Å². The van der Waals surface area contributed by atoms with E-state index in [4.69, 9.17) is 9.51 Å². The Balaban J connectivity index is 1.54. The summed E-state index contributed by atoms with van der Waals surface area (Å²) in [5, 5.41) is 4.21. The van der Waals surface area contributed by atoms with Crippen molar-refractivity contribution < 1.29 is 4.52 Å². The molecule has 1 aliphatic heterocycles. The molecule has 5 heteroatoms. The fourth-order valence-corrected chi connectivity index (χ4v) is 3.51. The van der Waals surface area contributed by atoms with Crippen molar-refractivity contribution in [2.45, 2.75) is 46.2 Å². The first-order valence-electron chi connectivity index (χ1n) is 9.31. The summed E-state index contributed by atoms with van der Waals surface area (Å²) in [7, 11) is 0. The molecular weight excluding hydrogens is 324 g/mol. The van der Waals surface area contributed by atoms with Crippen molar-refractivity contribution in [3.8, 4) is 11.3 Å². The molecule has 0 amide bonds. The quantitative estimate of drug-likeness (QED) is 0.699. The summed E-state index contributed by atoms with van der Waals surface area (Å²) >= 11 is 0. The van der Waals surface area contributed by atoms with Crippen LogP contribution in [0.3, 0.4) is 0 Å². The minimum absolute atomic E-state index is 0.829. The fourth-order valence-electron chi connectivity index (χ4n) is 3.51. The molecule has 3 heterocycles. The Hall–Kier alpha value is -2.53. The van der Waals surface area contributed by atoms with E-state index in [0.29, 0.717) is 0 Å². The van der Waals surface area contributed by atoms with Gasteiger partial charge in [-0.2, -0.15) is 0 Å². The van der Waals surface area contributed by atoms with Crippen molar-refractivity contribution in [1.29, 1.82) is 0 Å². The molecule has 0 aliphatic carbocycles. The summed E-state index contributed by atoms with van der Waals surface area (Å²) < 4.78 is 5.63. The van der Waals surface area contributed by atoms with E-state index in [1.54, 1.807) is 0 Å². The van der Waals surface area contributed by atoms with Gasteiger partial charge >= 0.3 is 0 Å². The van der Waals surface area contributed by atoms with Crippen molar-refractivity contribution in [2.75, 3.05) is 6.54 Å². The van der Waals surface area contributed by atoms with Crippen LogP contribution >= 0.6 is 0 Å². The van der Waals surface area contributed by atoms with E-state index in [-0.39, 0.29) is 0 Å². The normalized spacial score (nSPS) is 14.4. The molecule has 4 rings (SSSR count). The average molecular weight is 348 g/mol. The van der Waals surface area contributed by atoms with Crippen LogP contribution < -0.4 is 0 Å². The number of hydrogen-bond acceptors (Lipinski definition) is 5. The second-order valence-corrected chi connectivity index (χ2v) is 6.91. The summed E-state index contributed by atoms with van der Waals surface area (Å²) in [6.07, 6.45) is 5.02. The maximum Gasteiger partial charge on any atom is 0.171 e. The second-order valence-electron chi connectivity index (χ2n) is 6.91. The lowest BCUT2D eigenvalue weighted by Crippen LogP contribution is -2.31. The van der Waals surface area contributed by atoms with Crippen molar-refractivity contribution in [3.63, 3.8) is 0 Å². The van der Waals surface area contributed by atoms with Crippen molar-refractivity contribution in [1.82, 2.24) is 20.0 Å². The van der Waals surface area contributed by atoms with Crippen LogP contribution in [0.1, 0.15) is 41.7 Å². The van der Waals surface area contributed by atoms with E-state index in [0.717, 1.165) is 61.7 Å². The van der Waals surface area contributed by atoms with Gasteiger partial charge < -0.3 is 4.52 Å². The number of rotatable bonds is 5. The Labute approximate surface area is 154 Å². The van der Waals surface area contributed by atoms with Crippen LogP contribution in [-0.2, 0) is 25.9 Å². The van der Waals surface area contributed by atoms with Gasteiger partial charge in [0.25, 0.3) is 0 Å². The van der Waals surface area contributed by atoms with Crippen LogP contribution in [0.5, 0.6) is 0 Å². The van der Waals surface area contributed by atoms with Gasteiger partial charge in [0, 0.05) is 61.1 Å². The predicted octanol–water partition coefficient (Wildman–Crippen LogP) is 3.95. The first-order chi connectivity index (χ1) is 12.7. The Morgan fingerprint density at radius 2 is 2.04 bits per heavy atom. The molecule has 0 unspecified atom stereocenters. The standard InChI is InChI=1S/C21H24N4O/c1-3-7-20-22-12-17-13-25(11-10-19(17)23-20)14-18-15(2)24-26-21(18)16-8-5-4-6-9-16/h4-6,8-9,12H,3,7,10-11,13-14H2,1-2H3. The third-order valence-corrected chi connectivity index (χ3v) is 4.94. The van der Waals surface area contributed by atoms with Crippen LogP contribution in [0.2, 0.25) is 0 Å². The van der Waals surface area contributed by atoms with Gasteiger partial charge in [-0.3, -0.25) is 4.90 Å². The molecule has 0 spiro atoms. The first-order valence-corrected chi connectivity index (χ1v) is 9.31. The highest BCUT2D eigenvalue weighted by Gasteiger charge is 2.22. The van der Waals surface area contributed by atoms with Gasteiger partial charge in [0.1, 0.15) is 5.82 Å². The second kappa shape index (κ2) is 7.38. The molecule has 1 aromatic carbocycles. The maximum absolute atomic E-state index is 5.63. The molecule has 0 bridgehead atoms. The Morgan fingerprint density at radius 1 is 1.19 bits per heavy atom. The summed E-state index contributed by atoms with van der Waals surface area (Å²) in [6.45, 7) is 6.88. The zero-order valence-electron chi connectivity index (χ0n) is 15.4. The van der Waals surface area contributed by atoms with E-state index >= 15 is 0 Å². The van der Waals surface area contributed by atoms with E-state index < -0.39 is 0 Å². The molecule has 0 saturated heterocycles. The van der Waals surface area contributed by atoms with Gasteiger partial charge in [-0.15, -0.1) is 0 Å². The molecule has 134 valence electrons. The minimum Gasteiger partial charge on any atom is -0.356 e. The van der Waals surface area contributed by atoms with E-state index in [9.17, 15) is 0 Å². The monoisotopic (exact) mass is 348 g/mol. The van der Waals surface area contributed by atoms with Crippen LogP contribution in [-0.4, -0.2) is 26.6 Å². The van der Waals surface area contributed by atoms with Gasteiger partial charge in [0.15, 0.2) is 5.76 Å². The topological polar surface area (TPSA) is 55.1 Å². The Kier molecular flexibility index (Phi) is 4.80. The largest absolute Gasteiger partial charge is 0.356 e. The molecule has 1 aliphatic rings. The number of aryl methyl sites for hydroxylation is 2. The van der Waals surface area contributed by atoms with Crippen molar-refractivity contribution in [3.05, 3.63) is 64.9 Å². The summed E-state index contributed by atoms with van der Waals surface area (Å²) in [4.78, 5) is 11.7. The van der Waals surface area contributed by atoms with Crippen LogP contribution in [0, 0.1) is 6.92 Å². The Morgan fingerprint density at radius 3 is 2.85 bits per heavy atom. The molecule has 26 heavy (non-hydrogen) atoms. The molecule has 0 fully saturated rings. The Bertz CT molecular complexity index is 888. The number of nitrogens with zero attached hydrogens (tertiary/aromatic N) is 4. The van der Waals surface area contributed by atoms with Crippen molar-refractivity contribution >= 4 is 0 Å². The van der Waals surface area contributed by atoms with Crippen LogP contribution in [0.25, 0.3) is 11.3 Å². The number of fused-ring (bicyclic) bond motifs is 1. The smallest absolute Gasteiger partial charge is 0.171 e. The average Bonchev–Trinajstić information content (AvgIpc) is 3.03. The summed E-state index contributed by atoms with van der Waals surface area (Å²) in [5.41, 5.74) is 5.66. The SMILES string of the molecule is CCCc1ncc2c(n1)CCN(Cc1c(C)noc1-c1ccccc1)C2. The molecule has 5 nitrogen and oxygen atoms in total. The molecule has 0 radical (unpaired) electrons. The van der Waals surface area contributed by atoms with Gasteiger partial charge in [0.2, 0.25) is 0 Å². The third kappa shape index (κ3) is 3.40. The third-order valence-electron chi connectivity index (χ3n) is 4.94. The highest BCUT2D eigenvalue weighted by Crippen LogP contribution is 2.28. The summed E-state index contributed by atoms with van der Waals surface area (Å²) in [6, 6.07) is 10.2. The van der Waals surface area contributed by atoms with E-state index in [1.807, 2.05) is 31.3 Å². The molecular formula is C21H24N4O. The molecule has 0 atom stereocenters. The summed E-state index contributed by atoms with van der Waals surface area (Å²) in [5.74, 6) is 1.85. The van der Waals surface area contributed by atoms with Gasteiger partial charge in [0.05, 0.1) is 5.69 Å². The maximum atomic E-state index is 5.63. The predicted molar refractivity (Wildman–Crippen MR) is 101 cm³/mol. The highest BCUT2D eigenvalue weighted by atomic mass is 16.5. The van der Waals surface area contributed by atoms with Crippen LogP contribution in [0.15, 0.2) is 41.1 Å². The molecule has 2 aromatic heterocycles. The van der Waals surface area contributed by atoms with Gasteiger partial charge in [-0.25, -0.2) is 9.97 Å². The first kappa shape index (κ1) is 16.9. The molecule has 0 N–H and O–H groups in total. The number of benzene rings is 1. The fraction of sp³-hybridized carbons (Fsp3) is 0.381. The zero-order chi connectivity index (χ0) is 17.9. The lowest BCUT2D eigenvalue weighted by Gasteiger charge is -2.28. The lowest BCUT2D eigenvalue weighted by molar-refractivity contribution is 0.242. The number of hydrogen-bond donors (Lipinski definition) is 0.